The van der Waals surface area contributed by atoms with E-state index in [1.807, 2.05) is 48.3 Å². The standard InChI is InChI=1S/C15H17BrN2O2/c1-18(13-6-4-10(16)8-12(13)17)14-7-5-11(19-2)9-15(14)20-3/h4-9H,17H2,1-3H3. The number of nitrogens with zero attached hydrogens (tertiary/aromatic N) is 1. The summed E-state index contributed by atoms with van der Waals surface area (Å²) in [7, 11) is 5.21. The first kappa shape index (κ1) is 14.5. The van der Waals surface area contributed by atoms with E-state index in [2.05, 4.69) is 15.9 Å². The van der Waals surface area contributed by atoms with Gasteiger partial charge in [0.05, 0.1) is 31.3 Å². The molecular weight excluding hydrogens is 320 g/mol. The Balaban J connectivity index is 2.44. The number of hydrogen-bond acceptors (Lipinski definition) is 4. The molecule has 0 aromatic heterocycles. The largest absolute Gasteiger partial charge is 0.497 e. The highest BCUT2D eigenvalue weighted by atomic mass is 79.9. The van der Waals surface area contributed by atoms with Crippen LogP contribution in [0.4, 0.5) is 17.1 Å². The lowest BCUT2D eigenvalue weighted by atomic mass is 10.2. The first-order valence-electron chi connectivity index (χ1n) is 6.07. The molecular formula is C15H17BrN2O2. The van der Waals surface area contributed by atoms with E-state index < -0.39 is 0 Å². The zero-order valence-corrected chi connectivity index (χ0v) is 13.3. The molecule has 0 aliphatic heterocycles. The smallest absolute Gasteiger partial charge is 0.146 e. The van der Waals surface area contributed by atoms with Crippen LogP contribution in [-0.4, -0.2) is 21.3 Å². The van der Waals surface area contributed by atoms with Gasteiger partial charge in [-0.3, -0.25) is 0 Å². The van der Waals surface area contributed by atoms with Gasteiger partial charge in [0, 0.05) is 17.6 Å². The fraction of sp³-hybridized carbons (Fsp3) is 0.200. The van der Waals surface area contributed by atoms with Crippen LogP contribution in [-0.2, 0) is 0 Å². The lowest BCUT2D eigenvalue weighted by molar-refractivity contribution is 0.395. The van der Waals surface area contributed by atoms with E-state index >= 15 is 0 Å². The van der Waals surface area contributed by atoms with Crippen molar-refractivity contribution in [2.75, 3.05) is 31.9 Å². The Bertz CT molecular complexity index is 617. The van der Waals surface area contributed by atoms with Gasteiger partial charge in [-0.2, -0.15) is 0 Å². The van der Waals surface area contributed by atoms with Crippen LogP contribution in [0.15, 0.2) is 40.9 Å². The molecule has 0 unspecified atom stereocenters. The lowest BCUT2D eigenvalue weighted by Crippen LogP contribution is -2.12. The Morgan fingerprint density at radius 2 is 1.70 bits per heavy atom. The van der Waals surface area contributed by atoms with Crippen LogP contribution < -0.4 is 20.1 Å². The van der Waals surface area contributed by atoms with Gasteiger partial charge in [-0.15, -0.1) is 0 Å². The summed E-state index contributed by atoms with van der Waals surface area (Å²) in [5, 5.41) is 0. The van der Waals surface area contributed by atoms with Crippen molar-refractivity contribution in [1.82, 2.24) is 0 Å². The average molecular weight is 337 g/mol. The highest BCUT2D eigenvalue weighted by Gasteiger charge is 2.13. The number of rotatable bonds is 4. The number of methoxy groups -OCH3 is 2. The Labute approximate surface area is 127 Å². The number of ether oxygens (including phenoxy) is 2. The minimum absolute atomic E-state index is 0.694. The molecule has 0 saturated heterocycles. The van der Waals surface area contributed by atoms with Crippen molar-refractivity contribution < 1.29 is 9.47 Å². The molecule has 0 heterocycles. The Morgan fingerprint density at radius 1 is 1.00 bits per heavy atom. The third-order valence-electron chi connectivity index (χ3n) is 3.10. The second-order valence-corrected chi connectivity index (χ2v) is 5.22. The van der Waals surface area contributed by atoms with Crippen LogP contribution in [0.5, 0.6) is 11.5 Å². The number of nitrogens with two attached hydrogens (primary N) is 1. The number of benzene rings is 2. The maximum absolute atomic E-state index is 6.07. The van der Waals surface area contributed by atoms with E-state index in [4.69, 9.17) is 15.2 Å². The monoisotopic (exact) mass is 336 g/mol. The summed E-state index contributed by atoms with van der Waals surface area (Å²) in [5.74, 6) is 1.48. The molecule has 0 saturated carbocycles. The van der Waals surface area contributed by atoms with Gasteiger partial charge in [-0.05, 0) is 30.3 Å². The van der Waals surface area contributed by atoms with Crippen LogP contribution in [0, 0.1) is 0 Å². The SMILES string of the molecule is COc1ccc(N(C)c2ccc(Br)cc2N)c(OC)c1. The fourth-order valence-electron chi connectivity index (χ4n) is 2.02. The van der Waals surface area contributed by atoms with Crippen molar-refractivity contribution in [2.24, 2.45) is 0 Å². The fourth-order valence-corrected chi connectivity index (χ4v) is 2.40. The number of nitrogen functional groups attached to an aromatic ring is 1. The number of hydrogen-bond donors (Lipinski definition) is 1. The van der Waals surface area contributed by atoms with Crippen molar-refractivity contribution in [3.63, 3.8) is 0 Å². The van der Waals surface area contributed by atoms with E-state index in [0.29, 0.717) is 5.69 Å². The molecule has 2 aromatic rings. The van der Waals surface area contributed by atoms with Gasteiger partial charge in [0.1, 0.15) is 11.5 Å². The summed E-state index contributed by atoms with van der Waals surface area (Å²) in [4.78, 5) is 1.99. The zero-order chi connectivity index (χ0) is 14.7. The molecule has 106 valence electrons. The summed E-state index contributed by atoms with van der Waals surface area (Å²) >= 11 is 3.41. The summed E-state index contributed by atoms with van der Waals surface area (Å²) in [5.41, 5.74) is 8.60. The number of halogens is 1. The first-order chi connectivity index (χ1) is 9.56. The molecule has 4 nitrogen and oxygen atoms in total. The Morgan fingerprint density at radius 3 is 2.30 bits per heavy atom. The van der Waals surface area contributed by atoms with E-state index in [9.17, 15) is 0 Å². The van der Waals surface area contributed by atoms with Gasteiger partial charge in [-0.1, -0.05) is 15.9 Å². The Kier molecular flexibility index (Phi) is 4.39. The minimum Gasteiger partial charge on any atom is -0.497 e. The van der Waals surface area contributed by atoms with Crippen LogP contribution in [0.25, 0.3) is 0 Å². The van der Waals surface area contributed by atoms with Crippen molar-refractivity contribution in [2.45, 2.75) is 0 Å². The summed E-state index contributed by atoms with van der Waals surface area (Å²) in [6.45, 7) is 0. The van der Waals surface area contributed by atoms with Crippen LogP contribution in [0.2, 0.25) is 0 Å². The van der Waals surface area contributed by atoms with Crippen molar-refractivity contribution in [1.29, 1.82) is 0 Å². The average Bonchev–Trinajstić information content (AvgIpc) is 2.46. The van der Waals surface area contributed by atoms with E-state index in [-0.39, 0.29) is 0 Å². The van der Waals surface area contributed by atoms with Crippen molar-refractivity contribution in [3.8, 4) is 11.5 Å². The van der Waals surface area contributed by atoms with E-state index in [1.165, 1.54) is 0 Å². The van der Waals surface area contributed by atoms with Crippen LogP contribution >= 0.6 is 15.9 Å². The van der Waals surface area contributed by atoms with E-state index in [1.54, 1.807) is 14.2 Å². The third kappa shape index (κ3) is 2.82. The molecule has 0 atom stereocenters. The maximum atomic E-state index is 6.07. The van der Waals surface area contributed by atoms with Gasteiger partial charge in [-0.25, -0.2) is 0 Å². The van der Waals surface area contributed by atoms with Crippen LogP contribution in [0.3, 0.4) is 0 Å². The molecule has 2 N–H and O–H groups in total. The van der Waals surface area contributed by atoms with Gasteiger partial charge in [0.25, 0.3) is 0 Å². The molecule has 20 heavy (non-hydrogen) atoms. The molecule has 0 radical (unpaired) electrons. The third-order valence-corrected chi connectivity index (χ3v) is 3.59. The quantitative estimate of drug-likeness (QED) is 0.862. The highest BCUT2D eigenvalue weighted by Crippen LogP contribution is 2.38. The van der Waals surface area contributed by atoms with Gasteiger partial charge < -0.3 is 20.1 Å². The molecule has 0 bridgehead atoms. The van der Waals surface area contributed by atoms with Crippen molar-refractivity contribution >= 4 is 33.0 Å². The predicted octanol–water partition coefficient (Wildman–Crippen LogP) is 3.82. The normalized spacial score (nSPS) is 10.2. The molecule has 2 aromatic carbocycles. The van der Waals surface area contributed by atoms with Gasteiger partial charge in [0.15, 0.2) is 0 Å². The maximum Gasteiger partial charge on any atom is 0.146 e. The minimum atomic E-state index is 0.694. The summed E-state index contributed by atoms with van der Waals surface area (Å²) < 4.78 is 11.6. The molecule has 0 spiro atoms. The molecule has 5 heteroatoms. The van der Waals surface area contributed by atoms with Crippen LogP contribution in [0.1, 0.15) is 0 Å². The predicted molar refractivity (Wildman–Crippen MR) is 86.2 cm³/mol. The molecule has 0 amide bonds. The topological polar surface area (TPSA) is 47.7 Å². The second kappa shape index (κ2) is 6.05. The molecule has 0 fully saturated rings. The highest BCUT2D eigenvalue weighted by molar-refractivity contribution is 9.10. The summed E-state index contributed by atoms with van der Waals surface area (Å²) in [6.07, 6.45) is 0. The lowest BCUT2D eigenvalue weighted by Gasteiger charge is -2.23. The molecule has 0 aliphatic carbocycles. The summed E-state index contributed by atoms with van der Waals surface area (Å²) in [6, 6.07) is 11.5. The molecule has 0 aliphatic rings. The van der Waals surface area contributed by atoms with Gasteiger partial charge >= 0.3 is 0 Å². The number of anilines is 3. The Hall–Kier alpha value is -1.88. The van der Waals surface area contributed by atoms with Crippen molar-refractivity contribution in [3.05, 3.63) is 40.9 Å². The molecule has 2 rings (SSSR count). The first-order valence-corrected chi connectivity index (χ1v) is 6.87. The van der Waals surface area contributed by atoms with E-state index in [0.717, 1.165) is 27.3 Å². The zero-order valence-electron chi connectivity index (χ0n) is 11.7. The van der Waals surface area contributed by atoms with Gasteiger partial charge in [0.2, 0.25) is 0 Å². The second-order valence-electron chi connectivity index (χ2n) is 4.30.